The molecule has 0 saturated heterocycles. The number of tetrazole rings is 1. The number of hydrogen-bond donors (Lipinski definition) is 1. The molecule has 0 aliphatic carbocycles. The monoisotopic (exact) mass is 388 g/mol. The second-order valence-corrected chi connectivity index (χ2v) is 7.28. The first-order valence-corrected chi connectivity index (χ1v) is 9.83. The van der Waals surface area contributed by atoms with E-state index in [2.05, 4.69) is 38.7 Å². The highest BCUT2D eigenvalue weighted by Crippen LogP contribution is 2.21. The molecule has 9 nitrogen and oxygen atoms in total. The molecular formula is C17H24N8OS. The minimum atomic E-state index is 0.251. The topological polar surface area (TPSA) is 110 Å². The average Bonchev–Trinajstić information content (AvgIpc) is 3.22. The van der Waals surface area contributed by atoms with Gasteiger partial charge in [0.1, 0.15) is 12.4 Å². The Morgan fingerprint density at radius 2 is 1.85 bits per heavy atom. The fourth-order valence-electron chi connectivity index (χ4n) is 2.61. The molecule has 0 aliphatic heterocycles. The van der Waals surface area contributed by atoms with Crippen LogP contribution in [0.25, 0.3) is 0 Å². The summed E-state index contributed by atoms with van der Waals surface area (Å²) in [6, 6.07) is 6.06. The van der Waals surface area contributed by atoms with Crippen molar-refractivity contribution in [2.45, 2.75) is 57.7 Å². The summed E-state index contributed by atoms with van der Waals surface area (Å²) in [6.07, 6.45) is 2.13. The van der Waals surface area contributed by atoms with Gasteiger partial charge in [-0.15, -0.1) is 15.3 Å². The number of nitrogen functional groups attached to an aromatic ring is 1. The predicted octanol–water partition coefficient (Wildman–Crippen LogP) is 2.27. The summed E-state index contributed by atoms with van der Waals surface area (Å²) in [4.78, 5) is 0. The molecule has 2 heterocycles. The number of ether oxygens (including phenoxy) is 1. The van der Waals surface area contributed by atoms with Gasteiger partial charge in [0.2, 0.25) is 5.16 Å². The molecule has 0 amide bonds. The Morgan fingerprint density at radius 1 is 1.07 bits per heavy atom. The van der Waals surface area contributed by atoms with Gasteiger partial charge in [-0.1, -0.05) is 31.2 Å². The number of nitrogens with zero attached hydrogens (tertiary/aromatic N) is 7. The van der Waals surface area contributed by atoms with Crippen LogP contribution in [-0.4, -0.2) is 35.1 Å². The zero-order chi connectivity index (χ0) is 19.2. The predicted molar refractivity (Wildman–Crippen MR) is 103 cm³/mol. The molecule has 0 fully saturated rings. The van der Waals surface area contributed by atoms with Crippen LogP contribution in [0.5, 0.6) is 5.75 Å². The van der Waals surface area contributed by atoms with Gasteiger partial charge in [0, 0.05) is 6.54 Å². The lowest BCUT2D eigenvalue weighted by Gasteiger charge is -2.08. The van der Waals surface area contributed by atoms with Crippen LogP contribution in [0.3, 0.4) is 0 Å². The van der Waals surface area contributed by atoms with E-state index in [0.717, 1.165) is 42.1 Å². The number of thioether (sulfide) groups is 1. The third kappa shape index (κ3) is 4.97. The van der Waals surface area contributed by atoms with Crippen LogP contribution in [0.4, 0.5) is 0 Å². The van der Waals surface area contributed by atoms with Gasteiger partial charge in [-0.2, -0.15) is 0 Å². The van der Waals surface area contributed by atoms with E-state index in [1.807, 2.05) is 30.7 Å². The molecule has 0 radical (unpaired) electrons. The smallest absolute Gasteiger partial charge is 0.210 e. The number of hydrogen-bond acceptors (Lipinski definition) is 8. The first-order chi connectivity index (χ1) is 13.1. The van der Waals surface area contributed by atoms with E-state index < -0.39 is 0 Å². The quantitative estimate of drug-likeness (QED) is 0.439. The van der Waals surface area contributed by atoms with Crippen LogP contribution in [0.2, 0.25) is 0 Å². The van der Waals surface area contributed by atoms with Crippen LogP contribution < -0.4 is 10.6 Å². The number of rotatable bonds is 9. The lowest BCUT2D eigenvalue weighted by atomic mass is 10.1. The SMILES string of the molecule is CCCCn1nnnc1CSc1nnc(COc2cc(C)cc(C)c2)n1N. The molecule has 0 saturated carbocycles. The maximum atomic E-state index is 6.12. The van der Waals surface area contributed by atoms with E-state index in [-0.39, 0.29) is 6.61 Å². The second kappa shape index (κ2) is 8.85. The van der Waals surface area contributed by atoms with Crippen molar-refractivity contribution in [1.29, 1.82) is 0 Å². The largest absolute Gasteiger partial charge is 0.486 e. The second-order valence-electron chi connectivity index (χ2n) is 6.34. The van der Waals surface area contributed by atoms with Gasteiger partial charge in [0.15, 0.2) is 11.6 Å². The molecule has 144 valence electrons. The molecule has 0 atom stereocenters. The molecular weight excluding hydrogens is 364 g/mol. The number of aromatic nitrogens is 7. The molecule has 1 aromatic carbocycles. The van der Waals surface area contributed by atoms with Gasteiger partial charge < -0.3 is 10.6 Å². The summed E-state index contributed by atoms with van der Waals surface area (Å²) in [6.45, 7) is 7.27. The van der Waals surface area contributed by atoms with Gasteiger partial charge in [-0.25, -0.2) is 9.36 Å². The Morgan fingerprint density at radius 3 is 2.59 bits per heavy atom. The summed E-state index contributed by atoms with van der Waals surface area (Å²) in [5.74, 6) is 8.84. The highest BCUT2D eigenvalue weighted by Gasteiger charge is 2.13. The van der Waals surface area contributed by atoms with E-state index in [1.165, 1.54) is 16.4 Å². The fourth-order valence-corrected chi connectivity index (χ4v) is 3.41. The van der Waals surface area contributed by atoms with Crippen LogP contribution in [0, 0.1) is 13.8 Å². The van der Waals surface area contributed by atoms with Crippen LogP contribution in [0.15, 0.2) is 23.4 Å². The molecule has 3 rings (SSSR count). The van der Waals surface area contributed by atoms with Crippen molar-refractivity contribution in [1.82, 2.24) is 35.1 Å². The number of aryl methyl sites for hydroxylation is 3. The van der Waals surface area contributed by atoms with E-state index >= 15 is 0 Å². The third-order valence-corrected chi connectivity index (χ3v) is 4.90. The van der Waals surface area contributed by atoms with Gasteiger partial charge in [0.05, 0.1) is 5.75 Å². The first-order valence-electron chi connectivity index (χ1n) is 8.85. The van der Waals surface area contributed by atoms with Crippen LogP contribution >= 0.6 is 11.8 Å². The summed E-state index contributed by atoms with van der Waals surface area (Å²) in [7, 11) is 0. The number of unbranched alkanes of at least 4 members (excludes halogenated alkanes) is 1. The Hall–Kier alpha value is -2.62. The molecule has 10 heteroatoms. The minimum Gasteiger partial charge on any atom is -0.486 e. The molecule has 0 spiro atoms. The van der Waals surface area contributed by atoms with E-state index in [9.17, 15) is 0 Å². The maximum Gasteiger partial charge on any atom is 0.210 e. The molecule has 2 aromatic heterocycles. The van der Waals surface area contributed by atoms with E-state index in [4.69, 9.17) is 10.6 Å². The highest BCUT2D eigenvalue weighted by molar-refractivity contribution is 7.98. The Kier molecular flexibility index (Phi) is 6.28. The molecule has 3 aromatic rings. The zero-order valence-corrected chi connectivity index (χ0v) is 16.6. The molecule has 0 unspecified atom stereocenters. The minimum absolute atomic E-state index is 0.251. The lowest BCUT2D eigenvalue weighted by molar-refractivity contribution is 0.291. The van der Waals surface area contributed by atoms with Crippen molar-refractivity contribution < 1.29 is 4.74 Å². The fraction of sp³-hybridized carbons (Fsp3) is 0.471. The average molecular weight is 389 g/mol. The van der Waals surface area contributed by atoms with E-state index in [0.29, 0.717) is 16.7 Å². The summed E-state index contributed by atoms with van der Waals surface area (Å²) in [5, 5.41) is 20.7. The normalized spacial score (nSPS) is 11.1. The zero-order valence-electron chi connectivity index (χ0n) is 15.8. The van der Waals surface area contributed by atoms with Crippen LogP contribution in [-0.2, 0) is 18.9 Å². The molecule has 0 bridgehead atoms. The standard InChI is InChI=1S/C17H24N8OS/c1-4-5-6-24-16(20-22-23-24)11-27-17-21-19-15(25(17)18)10-26-14-8-12(2)7-13(3)9-14/h7-9H,4-6,10-11,18H2,1-3H3. The van der Waals surface area contributed by atoms with E-state index in [1.54, 1.807) is 0 Å². The Labute approximate surface area is 162 Å². The first kappa shape index (κ1) is 19.2. The van der Waals surface area contributed by atoms with Gasteiger partial charge >= 0.3 is 0 Å². The summed E-state index contributed by atoms with van der Waals surface area (Å²) in [5.41, 5.74) is 2.30. The maximum absolute atomic E-state index is 6.12. The Balaban J connectivity index is 1.59. The third-order valence-electron chi connectivity index (χ3n) is 3.96. The van der Waals surface area contributed by atoms with Crippen molar-refractivity contribution in [3.63, 3.8) is 0 Å². The molecule has 2 N–H and O–H groups in total. The summed E-state index contributed by atoms with van der Waals surface area (Å²) >= 11 is 1.45. The van der Waals surface area contributed by atoms with Gasteiger partial charge in [-0.05, 0) is 54.0 Å². The molecule has 27 heavy (non-hydrogen) atoms. The number of nitrogens with two attached hydrogens (primary N) is 1. The highest BCUT2D eigenvalue weighted by atomic mass is 32.2. The van der Waals surface area contributed by atoms with Crippen molar-refractivity contribution in [2.24, 2.45) is 0 Å². The van der Waals surface area contributed by atoms with Crippen molar-refractivity contribution in [3.8, 4) is 5.75 Å². The Bertz CT molecular complexity index is 871. The van der Waals surface area contributed by atoms with Gasteiger partial charge in [-0.3, -0.25) is 0 Å². The van der Waals surface area contributed by atoms with Gasteiger partial charge in [0.25, 0.3) is 0 Å². The molecule has 0 aliphatic rings. The summed E-state index contributed by atoms with van der Waals surface area (Å²) < 4.78 is 9.08. The van der Waals surface area contributed by atoms with Crippen molar-refractivity contribution >= 4 is 11.8 Å². The number of benzene rings is 1. The van der Waals surface area contributed by atoms with Crippen molar-refractivity contribution in [3.05, 3.63) is 41.0 Å². The van der Waals surface area contributed by atoms with Crippen LogP contribution in [0.1, 0.15) is 42.5 Å². The van der Waals surface area contributed by atoms with Crippen molar-refractivity contribution in [2.75, 3.05) is 5.84 Å². The lowest BCUT2D eigenvalue weighted by Crippen LogP contribution is -2.16.